The van der Waals surface area contributed by atoms with E-state index in [9.17, 15) is 19.7 Å². The van der Waals surface area contributed by atoms with Crippen LogP contribution in [0.3, 0.4) is 0 Å². The molecule has 1 aromatic carbocycles. The number of para-hydroxylation sites is 1. The molecule has 1 N–H and O–H groups in total. The summed E-state index contributed by atoms with van der Waals surface area (Å²) in [5.74, 6) is -2.50. The first-order valence-corrected chi connectivity index (χ1v) is 8.19. The Morgan fingerprint density at radius 2 is 1.93 bits per heavy atom. The molecule has 10 heteroatoms. The van der Waals surface area contributed by atoms with E-state index in [0.717, 1.165) is 17.8 Å². The molecule has 0 aliphatic rings. The number of ether oxygens (including phenoxy) is 1. The number of rotatable bonds is 6. The molecule has 0 unspecified atom stereocenters. The van der Waals surface area contributed by atoms with Crippen LogP contribution in [0.25, 0.3) is 5.69 Å². The second-order valence-corrected chi connectivity index (χ2v) is 5.81. The first-order valence-electron chi connectivity index (χ1n) is 8.19. The summed E-state index contributed by atoms with van der Waals surface area (Å²) in [6.07, 6.45) is 0. The lowest BCUT2D eigenvalue weighted by Gasteiger charge is -2.07. The number of nitro groups is 1. The van der Waals surface area contributed by atoms with Crippen molar-refractivity contribution in [1.29, 1.82) is 0 Å². The summed E-state index contributed by atoms with van der Waals surface area (Å²) in [7, 11) is 0. The molecular formula is C18H16N4O6. The first-order chi connectivity index (χ1) is 13.4. The van der Waals surface area contributed by atoms with Crippen LogP contribution in [0.5, 0.6) is 0 Å². The van der Waals surface area contributed by atoms with Gasteiger partial charge in [0.1, 0.15) is 4.92 Å². The molecule has 0 saturated heterocycles. The van der Waals surface area contributed by atoms with Crippen LogP contribution >= 0.6 is 0 Å². The summed E-state index contributed by atoms with van der Waals surface area (Å²) >= 11 is 0. The summed E-state index contributed by atoms with van der Waals surface area (Å²) in [6, 6.07) is 11.5. The van der Waals surface area contributed by atoms with Gasteiger partial charge in [0.2, 0.25) is 5.76 Å². The second-order valence-electron chi connectivity index (χ2n) is 5.81. The molecule has 3 aromatic rings. The van der Waals surface area contributed by atoms with Crippen molar-refractivity contribution in [3.63, 3.8) is 0 Å². The van der Waals surface area contributed by atoms with Crippen LogP contribution in [-0.2, 0) is 9.53 Å². The van der Waals surface area contributed by atoms with Crippen molar-refractivity contribution in [3.8, 4) is 5.69 Å². The monoisotopic (exact) mass is 384 g/mol. The van der Waals surface area contributed by atoms with Crippen LogP contribution in [0.4, 0.5) is 11.6 Å². The predicted octanol–water partition coefficient (Wildman–Crippen LogP) is 2.79. The average molecular weight is 384 g/mol. The Balaban J connectivity index is 1.64. The fraction of sp³-hybridized carbons (Fsp3) is 0.167. The van der Waals surface area contributed by atoms with Gasteiger partial charge in [-0.05, 0) is 32.0 Å². The number of nitrogens with zero attached hydrogens (tertiary/aromatic N) is 3. The number of benzene rings is 1. The topological polar surface area (TPSA) is 130 Å². The highest BCUT2D eigenvalue weighted by Crippen LogP contribution is 2.22. The van der Waals surface area contributed by atoms with E-state index in [2.05, 4.69) is 10.4 Å². The Kier molecular flexibility index (Phi) is 5.21. The van der Waals surface area contributed by atoms with Gasteiger partial charge in [0.15, 0.2) is 6.61 Å². The predicted molar refractivity (Wildman–Crippen MR) is 97.3 cm³/mol. The normalized spacial score (nSPS) is 10.5. The number of aromatic nitrogens is 2. The fourth-order valence-corrected chi connectivity index (χ4v) is 2.56. The van der Waals surface area contributed by atoms with Gasteiger partial charge < -0.3 is 14.5 Å². The molecule has 28 heavy (non-hydrogen) atoms. The molecule has 10 nitrogen and oxygen atoms in total. The average Bonchev–Trinajstić information content (AvgIpc) is 3.28. The zero-order chi connectivity index (χ0) is 20.3. The number of hydrogen-bond donors (Lipinski definition) is 1. The van der Waals surface area contributed by atoms with Crippen LogP contribution in [0.2, 0.25) is 0 Å². The van der Waals surface area contributed by atoms with E-state index in [0.29, 0.717) is 17.1 Å². The SMILES string of the molecule is Cc1nn(-c2ccccc2)c(C)c1NC(=O)COC(=O)c1ccc([N+](=O)[O-])o1. The number of aryl methyl sites for hydroxylation is 1. The number of hydrogen-bond acceptors (Lipinski definition) is 7. The van der Waals surface area contributed by atoms with Gasteiger partial charge in [-0.1, -0.05) is 18.2 Å². The second kappa shape index (κ2) is 7.74. The molecule has 2 aromatic heterocycles. The summed E-state index contributed by atoms with van der Waals surface area (Å²) in [5.41, 5.74) is 2.67. The third-order valence-electron chi connectivity index (χ3n) is 3.86. The first kappa shape index (κ1) is 18.8. The van der Waals surface area contributed by atoms with Gasteiger partial charge in [-0.2, -0.15) is 5.10 Å². The Hall–Kier alpha value is -3.95. The van der Waals surface area contributed by atoms with Crippen LogP contribution < -0.4 is 5.32 Å². The summed E-state index contributed by atoms with van der Waals surface area (Å²) < 4.78 is 11.3. The van der Waals surface area contributed by atoms with Crippen molar-refractivity contribution in [2.45, 2.75) is 13.8 Å². The zero-order valence-electron chi connectivity index (χ0n) is 15.0. The molecule has 2 heterocycles. The van der Waals surface area contributed by atoms with Crippen molar-refractivity contribution in [2.75, 3.05) is 11.9 Å². The molecule has 144 valence electrons. The minimum absolute atomic E-state index is 0.358. The number of carbonyl (C=O) groups is 2. The highest BCUT2D eigenvalue weighted by Gasteiger charge is 2.20. The maximum atomic E-state index is 12.1. The number of esters is 1. The molecule has 0 bridgehead atoms. The molecule has 0 spiro atoms. The molecule has 0 aliphatic carbocycles. The van der Waals surface area contributed by atoms with Crippen LogP contribution in [0.15, 0.2) is 46.9 Å². The quantitative estimate of drug-likeness (QED) is 0.393. The van der Waals surface area contributed by atoms with Crippen LogP contribution in [0, 0.1) is 24.0 Å². The number of carbonyl (C=O) groups excluding carboxylic acids is 2. The van der Waals surface area contributed by atoms with E-state index in [-0.39, 0.29) is 5.76 Å². The summed E-state index contributed by atoms with van der Waals surface area (Å²) in [4.78, 5) is 33.8. The molecule has 0 aliphatic heterocycles. The number of anilines is 1. The fourth-order valence-electron chi connectivity index (χ4n) is 2.56. The Morgan fingerprint density at radius 3 is 2.57 bits per heavy atom. The molecular weight excluding hydrogens is 368 g/mol. The zero-order valence-corrected chi connectivity index (χ0v) is 15.0. The van der Waals surface area contributed by atoms with Gasteiger partial charge in [0, 0.05) is 0 Å². The Bertz CT molecular complexity index is 1040. The van der Waals surface area contributed by atoms with Crippen LogP contribution in [-0.4, -0.2) is 33.2 Å². The summed E-state index contributed by atoms with van der Waals surface area (Å²) in [6.45, 7) is 2.97. The third-order valence-corrected chi connectivity index (χ3v) is 3.86. The summed E-state index contributed by atoms with van der Waals surface area (Å²) in [5, 5.41) is 17.6. The number of nitrogens with one attached hydrogen (secondary N) is 1. The van der Waals surface area contributed by atoms with E-state index in [1.54, 1.807) is 18.5 Å². The Labute approximate surface area is 158 Å². The minimum Gasteiger partial charge on any atom is -0.450 e. The van der Waals surface area contributed by atoms with E-state index < -0.39 is 29.3 Å². The molecule has 0 fully saturated rings. The van der Waals surface area contributed by atoms with E-state index in [4.69, 9.17) is 9.15 Å². The molecule has 0 radical (unpaired) electrons. The van der Waals surface area contributed by atoms with Crippen molar-refractivity contribution in [1.82, 2.24) is 9.78 Å². The van der Waals surface area contributed by atoms with Gasteiger partial charge >= 0.3 is 11.9 Å². The highest BCUT2D eigenvalue weighted by molar-refractivity contribution is 5.95. The van der Waals surface area contributed by atoms with Gasteiger partial charge in [-0.3, -0.25) is 14.9 Å². The van der Waals surface area contributed by atoms with Gasteiger partial charge in [-0.25, -0.2) is 9.48 Å². The van der Waals surface area contributed by atoms with Crippen molar-refractivity contribution in [3.05, 3.63) is 69.7 Å². The Morgan fingerprint density at radius 1 is 1.21 bits per heavy atom. The van der Waals surface area contributed by atoms with Crippen molar-refractivity contribution < 1.29 is 23.7 Å². The molecule has 1 amide bonds. The van der Waals surface area contributed by atoms with E-state index in [1.807, 2.05) is 30.3 Å². The minimum atomic E-state index is -0.975. The largest absolute Gasteiger partial charge is 0.450 e. The molecule has 0 atom stereocenters. The van der Waals surface area contributed by atoms with Gasteiger partial charge in [0.05, 0.1) is 28.8 Å². The lowest BCUT2D eigenvalue weighted by molar-refractivity contribution is -0.402. The smallest absolute Gasteiger partial charge is 0.433 e. The lowest BCUT2D eigenvalue weighted by Crippen LogP contribution is -2.21. The van der Waals surface area contributed by atoms with Gasteiger partial charge in [0.25, 0.3) is 5.91 Å². The third kappa shape index (κ3) is 3.90. The maximum Gasteiger partial charge on any atom is 0.433 e. The standard InChI is InChI=1S/C18H16N4O6/c1-11-17(12(2)21(20-11)13-6-4-3-5-7-13)19-15(23)10-27-18(24)14-8-9-16(28-14)22(25)26/h3-9H,10H2,1-2H3,(H,19,23). The lowest BCUT2D eigenvalue weighted by atomic mass is 10.3. The van der Waals surface area contributed by atoms with E-state index in [1.165, 1.54) is 0 Å². The molecule has 0 saturated carbocycles. The number of furan rings is 1. The van der Waals surface area contributed by atoms with E-state index >= 15 is 0 Å². The molecule has 3 rings (SSSR count). The highest BCUT2D eigenvalue weighted by atomic mass is 16.7. The van der Waals surface area contributed by atoms with Crippen molar-refractivity contribution >= 4 is 23.4 Å². The van der Waals surface area contributed by atoms with Crippen molar-refractivity contribution in [2.24, 2.45) is 0 Å². The maximum absolute atomic E-state index is 12.1. The number of amides is 1. The van der Waals surface area contributed by atoms with Crippen LogP contribution in [0.1, 0.15) is 21.9 Å². The van der Waals surface area contributed by atoms with Gasteiger partial charge in [-0.15, -0.1) is 0 Å².